The van der Waals surface area contributed by atoms with Gasteiger partial charge in [0.2, 0.25) is 0 Å². The van der Waals surface area contributed by atoms with Gasteiger partial charge in [0, 0.05) is 0 Å². The molecule has 0 radical (unpaired) electrons. The van der Waals surface area contributed by atoms with Gasteiger partial charge in [0.1, 0.15) is 12.1 Å². The molecule has 2 rings (SSSR count). The van der Waals surface area contributed by atoms with Crippen LogP contribution in [0.15, 0.2) is 60.7 Å². The average Bonchev–Trinajstić information content (AvgIpc) is 2.71. The number of rotatable bonds is 11. The summed E-state index contributed by atoms with van der Waals surface area (Å²) < 4.78 is 10.4. The molecule has 2 aromatic rings. The lowest BCUT2D eigenvalue weighted by Crippen LogP contribution is -2.35. The molecule has 0 saturated carbocycles. The molecule has 4 N–H and O–H groups in total. The molecule has 0 saturated heterocycles. The van der Waals surface area contributed by atoms with E-state index in [4.69, 9.17) is 20.9 Å². The van der Waals surface area contributed by atoms with Gasteiger partial charge in [-0.2, -0.15) is 0 Å². The molecule has 0 aromatic heterocycles. The van der Waals surface area contributed by atoms with Crippen molar-refractivity contribution in [2.45, 2.75) is 45.2 Å². The zero-order valence-corrected chi connectivity index (χ0v) is 16.0. The van der Waals surface area contributed by atoms with E-state index in [0.29, 0.717) is 25.7 Å². The lowest BCUT2D eigenvalue weighted by molar-refractivity contribution is -0.147. The molecule has 158 valence electrons. The van der Waals surface area contributed by atoms with Gasteiger partial charge in [-0.1, -0.05) is 68.1 Å². The van der Waals surface area contributed by atoms with Crippen molar-refractivity contribution in [3.8, 4) is 0 Å². The summed E-state index contributed by atoms with van der Waals surface area (Å²) in [6, 6.07) is 17.8. The molecule has 29 heavy (non-hydrogen) atoms. The van der Waals surface area contributed by atoms with E-state index >= 15 is 0 Å². The highest BCUT2D eigenvalue weighted by atomic mass is 16.5. The van der Waals surface area contributed by atoms with E-state index in [1.807, 2.05) is 60.7 Å². The normalized spacial score (nSPS) is 12.3. The molecule has 6 heteroatoms. The van der Waals surface area contributed by atoms with E-state index in [1.165, 1.54) is 0 Å². The number of esters is 2. The van der Waals surface area contributed by atoms with Crippen molar-refractivity contribution < 1.29 is 19.1 Å². The topological polar surface area (TPSA) is 105 Å². The van der Waals surface area contributed by atoms with Crippen LogP contribution in [0.2, 0.25) is 0 Å². The second-order valence-electron chi connectivity index (χ2n) is 6.63. The number of hydrogen-bond acceptors (Lipinski definition) is 6. The van der Waals surface area contributed by atoms with Gasteiger partial charge < -0.3 is 20.9 Å². The minimum atomic E-state index is -0.684. The summed E-state index contributed by atoms with van der Waals surface area (Å²) in [6.45, 7) is 0.490. The third-order valence-electron chi connectivity index (χ3n) is 4.23. The number of carbonyl (C=O) groups is 2. The molecule has 2 atom stereocenters. The summed E-state index contributed by atoms with van der Waals surface area (Å²) in [5.41, 5.74) is 13.7. The standard InChI is InChI=1S/C22H28N2O4.CH4/c23-19(15-17-9-3-1-4-10-17)21(25)27-13-7-8-14-28-22(26)20(24)16-18-11-5-2-6-12-18;/h1-6,9-12,19-20H,7-8,13-16,23-24H2;1H4. The van der Waals surface area contributed by atoms with E-state index in [0.717, 1.165) is 11.1 Å². The largest absolute Gasteiger partial charge is 0.465 e. The van der Waals surface area contributed by atoms with Crippen molar-refractivity contribution in [3.63, 3.8) is 0 Å². The van der Waals surface area contributed by atoms with Gasteiger partial charge in [0.15, 0.2) is 0 Å². The van der Waals surface area contributed by atoms with Gasteiger partial charge in [-0.05, 0) is 36.8 Å². The summed E-state index contributed by atoms with van der Waals surface area (Å²) in [5, 5.41) is 0. The minimum absolute atomic E-state index is 0. The lowest BCUT2D eigenvalue weighted by Gasteiger charge is -2.13. The van der Waals surface area contributed by atoms with Gasteiger partial charge >= 0.3 is 11.9 Å². The quantitative estimate of drug-likeness (QED) is 0.444. The Kier molecular flexibility index (Phi) is 11.3. The maximum atomic E-state index is 11.9. The Morgan fingerprint density at radius 3 is 1.38 bits per heavy atom. The van der Waals surface area contributed by atoms with E-state index in [-0.39, 0.29) is 20.6 Å². The molecule has 0 bridgehead atoms. The first kappa shape index (κ1) is 24.3. The number of benzene rings is 2. The first-order valence-electron chi connectivity index (χ1n) is 9.48. The fourth-order valence-electron chi connectivity index (χ4n) is 2.67. The third-order valence-corrected chi connectivity index (χ3v) is 4.23. The molecular formula is C23H32N2O4. The van der Waals surface area contributed by atoms with Crippen LogP contribution in [0.3, 0.4) is 0 Å². The van der Waals surface area contributed by atoms with Crippen LogP contribution in [0, 0.1) is 0 Å². The van der Waals surface area contributed by atoms with Crippen molar-refractivity contribution >= 4 is 11.9 Å². The van der Waals surface area contributed by atoms with Gasteiger partial charge in [-0.15, -0.1) is 0 Å². The van der Waals surface area contributed by atoms with Crippen LogP contribution < -0.4 is 11.5 Å². The van der Waals surface area contributed by atoms with E-state index in [9.17, 15) is 9.59 Å². The average molecular weight is 401 g/mol. The predicted octanol–water partition coefficient (Wildman–Crippen LogP) is 2.63. The summed E-state index contributed by atoms with van der Waals surface area (Å²) in [6.07, 6.45) is 2.06. The second-order valence-corrected chi connectivity index (χ2v) is 6.63. The van der Waals surface area contributed by atoms with Gasteiger partial charge in [-0.3, -0.25) is 9.59 Å². The van der Waals surface area contributed by atoms with Crippen LogP contribution in [-0.4, -0.2) is 37.2 Å². The fraction of sp³-hybridized carbons (Fsp3) is 0.391. The van der Waals surface area contributed by atoms with Crippen LogP contribution >= 0.6 is 0 Å². The summed E-state index contributed by atoms with van der Waals surface area (Å²) in [7, 11) is 0. The SMILES string of the molecule is C.NC(Cc1ccccc1)C(=O)OCCCCOC(=O)C(N)Cc1ccccc1. The smallest absolute Gasteiger partial charge is 0.323 e. The highest BCUT2D eigenvalue weighted by Crippen LogP contribution is 2.05. The van der Waals surface area contributed by atoms with Crippen LogP contribution in [0.5, 0.6) is 0 Å². The van der Waals surface area contributed by atoms with Crippen LogP contribution in [0.4, 0.5) is 0 Å². The Labute approximate surface area is 173 Å². The molecular weight excluding hydrogens is 368 g/mol. The zero-order valence-electron chi connectivity index (χ0n) is 16.0. The first-order valence-corrected chi connectivity index (χ1v) is 9.48. The van der Waals surface area contributed by atoms with E-state index in [2.05, 4.69) is 0 Å². The molecule has 0 fully saturated rings. The molecule has 0 heterocycles. The summed E-state index contributed by atoms with van der Waals surface area (Å²) in [4.78, 5) is 23.8. The summed E-state index contributed by atoms with van der Waals surface area (Å²) >= 11 is 0. The Balaban J connectivity index is 0.00000420. The number of carbonyl (C=O) groups excluding carboxylic acids is 2. The maximum absolute atomic E-state index is 11.9. The molecule has 0 aliphatic carbocycles. The number of ether oxygens (including phenoxy) is 2. The van der Waals surface area contributed by atoms with E-state index in [1.54, 1.807) is 0 Å². The Hall–Kier alpha value is -2.70. The van der Waals surface area contributed by atoms with Crippen molar-refractivity contribution in [2.24, 2.45) is 11.5 Å². The first-order chi connectivity index (χ1) is 13.6. The van der Waals surface area contributed by atoms with Gasteiger partial charge in [0.05, 0.1) is 13.2 Å². The molecule has 0 amide bonds. The predicted molar refractivity (Wildman–Crippen MR) is 114 cm³/mol. The van der Waals surface area contributed by atoms with E-state index < -0.39 is 24.0 Å². The van der Waals surface area contributed by atoms with Gasteiger partial charge in [-0.25, -0.2) is 0 Å². The number of unbranched alkanes of at least 4 members (excludes halogenated alkanes) is 1. The Morgan fingerprint density at radius 2 is 1.03 bits per heavy atom. The van der Waals surface area contributed by atoms with Crippen LogP contribution in [0.1, 0.15) is 31.4 Å². The second kappa shape index (κ2) is 13.5. The van der Waals surface area contributed by atoms with Gasteiger partial charge in [0.25, 0.3) is 0 Å². The molecule has 2 aromatic carbocycles. The van der Waals surface area contributed by atoms with Crippen LogP contribution in [-0.2, 0) is 31.9 Å². The molecule has 6 nitrogen and oxygen atoms in total. The van der Waals surface area contributed by atoms with Crippen molar-refractivity contribution in [3.05, 3.63) is 71.8 Å². The zero-order chi connectivity index (χ0) is 20.2. The van der Waals surface area contributed by atoms with Crippen molar-refractivity contribution in [1.82, 2.24) is 0 Å². The van der Waals surface area contributed by atoms with Crippen molar-refractivity contribution in [1.29, 1.82) is 0 Å². The minimum Gasteiger partial charge on any atom is -0.465 e. The summed E-state index contributed by atoms with van der Waals surface area (Å²) in [5.74, 6) is -0.850. The van der Waals surface area contributed by atoms with Crippen molar-refractivity contribution in [2.75, 3.05) is 13.2 Å². The monoisotopic (exact) mass is 400 g/mol. The molecule has 0 spiro atoms. The fourth-order valence-corrected chi connectivity index (χ4v) is 2.67. The number of hydrogen-bond donors (Lipinski definition) is 2. The molecule has 2 unspecified atom stereocenters. The Morgan fingerprint density at radius 1 is 0.690 bits per heavy atom. The maximum Gasteiger partial charge on any atom is 0.323 e. The third kappa shape index (κ3) is 9.36. The molecule has 0 aliphatic heterocycles. The molecule has 0 aliphatic rings. The highest BCUT2D eigenvalue weighted by Gasteiger charge is 2.16. The lowest BCUT2D eigenvalue weighted by atomic mass is 10.1. The highest BCUT2D eigenvalue weighted by molar-refractivity contribution is 5.76. The van der Waals surface area contributed by atoms with Crippen LogP contribution in [0.25, 0.3) is 0 Å². The Bertz CT molecular complexity index is 659. The number of nitrogens with two attached hydrogens (primary N) is 2.